The fourth-order valence-electron chi connectivity index (χ4n) is 1.41. The van der Waals surface area contributed by atoms with E-state index in [4.69, 9.17) is 21.1 Å². The van der Waals surface area contributed by atoms with E-state index < -0.39 is 0 Å². The Morgan fingerprint density at radius 3 is 2.94 bits per heavy atom. The van der Waals surface area contributed by atoms with Gasteiger partial charge < -0.3 is 9.47 Å². The van der Waals surface area contributed by atoms with Gasteiger partial charge in [0.25, 0.3) is 0 Å². The van der Waals surface area contributed by atoms with E-state index in [1.165, 1.54) is 17.4 Å². The Hall–Kier alpha value is -2.08. The van der Waals surface area contributed by atoms with Crippen LogP contribution in [-0.4, -0.2) is 27.9 Å². The van der Waals surface area contributed by atoms with E-state index in [-0.39, 0.29) is 6.79 Å². The molecular formula is C10H7ClN4O2. The SMILES string of the molecule is Clc1cc2c(cc1C=Nn1cncn1)OCO2. The highest BCUT2D eigenvalue weighted by atomic mass is 35.5. The molecule has 0 amide bonds. The molecule has 1 aromatic carbocycles. The van der Waals surface area contributed by atoms with Crippen molar-refractivity contribution in [2.45, 2.75) is 0 Å². The first-order valence-electron chi connectivity index (χ1n) is 4.81. The van der Waals surface area contributed by atoms with Crippen LogP contribution in [0.25, 0.3) is 0 Å². The van der Waals surface area contributed by atoms with Crippen molar-refractivity contribution in [1.29, 1.82) is 0 Å². The van der Waals surface area contributed by atoms with E-state index in [1.807, 2.05) is 0 Å². The Kier molecular flexibility index (Phi) is 2.41. The molecule has 0 radical (unpaired) electrons. The van der Waals surface area contributed by atoms with Crippen molar-refractivity contribution in [3.8, 4) is 11.5 Å². The smallest absolute Gasteiger partial charge is 0.231 e. The van der Waals surface area contributed by atoms with Gasteiger partial charge in [-0.3, -0.25) is 0 Å². The first-order valence-corrected chi connectivity index (χ1v) is 5.19. The van der Waals surface area contributed by atoms with Crippen molar-refractivity contribution < 1.29 is 9.47 Å². The van der Waals surface area contributed by atoms with Gasteiger partial charge in [-0.25, -0.2) is 4.98 Å². The minimum Gasteiger partial charge on any atom is -0.454 e. The highest BCUT2D eigenvalue weighted by Gasteiger charge is 2.15. The predicted octanol–water partition coefficient (Wildman–Crippen LogP) is 1.54. The van der Waals surface area contributed by atoms with Crippen LogP contribution in [0.4, 0.5) is 0 Å². The molecule has 0 saturated heterocycles. The fourth-order valence-corrected chi connectivity index (χ4v) is 1.62. The summed E-state index contributed by atoms with van der Waals surface area (Å²) in [7, 11) is 0. The van der Waals surface area contributed by atoms with Crippen molar-refractivity contribution in [2.75, 3.05) is 6.79 Å². The van der Waals surface area contributed by atoms with Crippen LogP contribution >= 0.6 is 11.6 Å². The molecule has 86 valence electrons. The molecule has 3 rings (SSSR count). The summed E-state index contributed by atoms with van der Waals surface area (Å²) in [6.07, 6.45) is 4.47. The molecule has 1 aliphatic heterocycles. The normalized spacial score (nSPS) is 13.5. The van der Waals surface area contributed by atoms with Gasteiger partial charge in [0.1, 0.15) is 12.7 Å². The van der Waals surface area contributed by atoms with Gasteiger partial charge in [-0.15, -0.1) is 9.89 Å². The van der Waals surface area contributed by atoms with Crippen molar-refractivity contribution in [2.24, 2.45) is 5.10 Å². The third-order valence-corrected chi connectivity index (χ3v) is 2.54. The van der Waals surface area contributed by atoms with Gasteiger partial charge in [0.05, 0.1) is 11.2 Å². The zero-order chi connectivity index (χ0) is 11.7. The molecule has 2 aromatic rings. The fraction of sp³-hybridized carbons (Fsp3) is 0.100. The number of rotatable bonds is 2. The molecule has 6 nitrogen and oxygen atoms in total. The van der Waals surface area contributed by atoms with Gasteiger partial charge in [-0.05, 0) is 6.07 Å². The minimum absolute atomic E-state index is 0.218. The van der Waals surface area contributed by atoms with Crippen LogP contribution in [0.1, 0.15) is 5.56 Å². The predicted molar refractivity (Wildman–Crippen MR) is 60.6 cm³/mol. The Bertz CT molecular complexity index is 568. The third kappa shape index (κ3) is 1.94. The average Bonchev–Trinajstić information content (AvgIpc) is 2.95. The number of aromatic nitrogens is 3. The molecule has 0 aliphatic carbocycles. The number of ether oxygens (including phenoxy) is 2. The lowest BCUT2D eigenvalue weighted by Gasteiger charge is -2.00. The molecule has 1 aliphatic rings. The quantitative estimate of drug-likeness (QED) is 0.759. The molecule has 7 heteroatoms. The number of nitrogens with zero attached hydrogens (tertiary/aromatic N) is 4. The lowest BCUT2D eigenvalue weighted by atomic mass is 10.2. The molecule has 0 atom stereocenters. The van der Waals surface area contributed by atoms with Gasteiger partial charge >= 0.3 is 0 Å². The second-order valence-electron chi connectivity index (χ2n) is 3.29. The molecule has 1 aromatic heterocycles. The van der Waals surface area contributed by atoms with Crippen LogP contribution in [0.5, 0.6) is 11.5 Å². The highest BCUT2D eigenvalue weighted by molar-refractivity contribution is 6.33. The van der Waals surface area contributed by atoms with E-state index in [2.05, 4.69) is 15.2 Å². The highest BCUT2D eigenvalue weighted by Crippen LogP contribution is 2.36. The van der Waals surface area contributed by atoms with Crippen LogP contribution in [0.3, 0.4) is 0 Å². The maximum atomic E-state index is 6.08. The third-order valence-electron chi connectivity index (χ3n) is 2.21. The number of fused-ring (bicyclic) bond motifs is 1. The Labute approximate surface area is 101 Å². The van der Waals surface area contributed by atoms with Gasteiger partial charge in [-0.1, -0.05) is 11.6 Å². The van der Waals surface area contributed by atoms with Crippen molar-refractivity contribution in [1.82, 2.24) is 14.9 Å². The number of hydrogen-bond acceptors (Lipinski definition) is 5. The summed E-state index contributed by atoms with van der Waals surface area (Å²) in [6.45, 7) is 0.218. The van der Waals surface area contributed by atoms with Gasteiger partial charge in [0.2, 0.25) is 6.79 Å². The first-order chi connectivity index (χ1) is 8.33. The van der Waals surface area contributed by atoms with E-state index >= 15 is 0 Å². The lowest BCUT2D eigenvalue weighted by molar-refractivity contribution is 0.174. The summed E-state index contributed by atoms with van der Waals surface area (Å²) < 4.78 is 10.5. The van der Waals surface area contributed by atoms with E-state index in [1.54, 1.807) is 18.3 Å². The minimum atomic E-state index is 0.218. The first kappa shape index (κ1) is 10.1. The van der Waals surface area contributed by atoms with Crippen LogP contribution in [-0.2, 0) is 0 Å². The molecule has 0 saturated carbocycles. The molecule has 0 unspecified atom stereocenters. The van der Waals surface area contributed by atoms with E-state index in [0.29, 0.717) is 16.5 Å². The van der Waals surface area contributed by atoms with Crippen LogP contribution < -0.4 is 9.47 Å². The second-order valence-corrected chi connectivity index (χ2v) is 3.69. The number of benzene rings is 1. The Morgan fingerprint density at radius 2 is 2.18 bits per heavy atom. The summed E-state index contributed by atoms with van der Waals surface area (Å²) in [6, 6.07) is 3.47. The van der Waals surface area contributed by atoms with Crippen LogP contribution in [0.15, 0.2) is 29.9 Å². The molecule has 2 heterocycles. The van der Waals surface area contributed by atoms with Gasteiger partial charge in [0.15, 0.2) is 11.5 Å². The topological polar surface area (TPSA) is 61.5 Å². The summed E-state index contributed by atoms with van der Waals surface area (Å²) >= 11 is 6.08. The molecular weight excluding hydrogens is 244 g/mol. The zero-order valence-corrected chi connectivity index (χ0v) is 9.33. The number of hydrogen-bond donors (Lipinski definition) is 0. The molecule has 0 fully saturated rings. The molecule has 0 spiro atoms. The molecule has 17 heavy (non-hydrogen) atoms. The Balaban J connectivity index is 1.93. The van der Waals surface area contributed by atoms with Crippen LogP contribution in [0.2, 0.25) is 5.02 Å². The van der Waals surface area contributed by atoms with Crippen molar-refractivity contribution >= 4 is 17.8 Å². The average molecular weight is 251 g/mol. The van der Waals surface area contributed by atoms with Gasteiger partial charge in [0, 0.05) is 11.6 Å². The summed E-state index contributed by atoms with van der Waals surface area (Å²) in [5.41, 5.74) is 0.728. The second kappa shape index (κ2) is 4.06. The van der Waals surface area contributed by atoms with Crippen LogP contribution in [0, 0.1) is 0 Å². The summed E-state index contributed by atoms with van der Waals surface area (Å²) in [5.74, 6) is 1.31. The van der Waals surface area contributed by atoms with Crippen molar-refractivity contribution in [3.05, 3.63) is 35.4 Å². The Morgan fingerprint density at radius 1 is 1.35 bits per heavy atom. The summed E-state index contributed by atoms with van der Waals surface area (Å²) in [5, 5.41) is 8.44. The summed E-state index contributed by atoms with van der Waals surface area (Å²) in [4.78, 5) is 5.11. The maximum absolute atomic E-state index is 6.08. The monoisotopic (exact) mass is 250 g/mol. The van der Waals surface area contributed by atoms with Crippen molar-refractivity contribution in [3.63, 3.8) is 0 Å². The lowest BCUT2D eigenvalue weighted by Crippen LogP contribution is -1.93. The molecule has 0 N–H and O–H groups in total. The standard InChI is InChI=1S/C10H7ClN4O2/c11-8-2-10-9(16-6-17-10)1-7(8)3-13-15-5-12-4-14-15/h1-5H,6H2. The number of halogens is 1. The van der Waals surface area contributed by atoms with Gasteiger partial charge in [-0.2, -0.15) is 5.10 Å². The maximum Gasteiger partial charge on any atom is 0.231 e. The van der Waals surface area contributed by atoms with E-state index in [0.717, 1.165) is 5.56 Å². The largest absolute Gasteiger partial charge is 0.454 e. The zero-order valence-electron chi connectivity index (χ0n) is 8.58. The molecule has 0 bridgehead atoms. The van der Waals surface area contributed by atoms with E-state index in [9.17, 15) is 0 Å².